The lowest BCUT2D eigenvalue weighted by atomic mass is 9.92. The molecular formula is C16H25N3O2. The predicted octanol–water partition coefficient (Wildman–Crippen LogP) is 2.37. The Hall–Kier alpha value is -1.36. The van der Waals surface area contributed by atoms with E-state index in [2.05, 4.69) is 24.3 Å². The van der Waals surface area contributed by atoms with Crippen LogP contribution in [0.25, 0.3) is 0 Å². The molecule has 3 rings (SSSR count). The highest BCUT2D eigenvalue weighted by molar-refractivity contribution is 5.95. The van der Waals surface area contributed by atoms with E-state index in [0.717, 1.165) is 44.2 Å². The van der Waals surface area contributed by atoms with Crippen molar-refractivity contribution in [1.82, 2.24) is 15.1 Å². The molecule has 1 amide bonds. The van der Waals surface area contributed by atoms with Crippen molar-refractivity contribution in [3.8, 4) is 0 Å². The van der Waals surface area contributed by atoms with Crippen LogP contribution in [-0.4, -0.2) is 32.9 Å². The van der Waals surface area contributed by atoms with E-state index in [0.29, 0.717) is 11.5 Å². The first-order valence-electron chi connectivity index (χ1n) is 8.14. The molecule has 0 aliphatic heterocycles. The minimum absolute atomic E-state index is 0.0743. The van der Waals surface area contributed by atoms with Gasteiger partial charge in [0.1, 0.15) is 0 Å². The summed E-state index contributed by atoms with van der Waals surface area (Å²) in [5.74, 6) is 0.404. The monoisotopic (exact) mass is 291 g/mol. The first kappa shape index (κ1) is 14.6. The molecule has 2 aliphatic carbocycles. The molecule has 2 N–H and O–H groups in total. The molecule has 2 atom stereocenters. The van der Waals surface area contributed by atoms with Crippen LogP contribution in [0.15, 0.2) is 6.20 Å². The summed E-state index contributed by atoms with van der Waals surface area (Å²) in [6.07, 6.45) is 7.34. The normalized spacial score (nSPS) is 26.1. The lowest BCUT2D eigenvalue weighted by molar-refractivity contribution is 0.0716. The third-order valence-electron chi connectivity index (χ3n) is 4.58. The van der Waals surface area contributed by atoms with E-state index >= 15 is 0 Å². The van der Waals surface area contributed by atoms with Crippen molar-refractivity contribution in [2.45, 2.75) is 76.5 Å². The highest BCUT2D eigenvalue weighted by atomic mass is 16.3. The second-order valence-electron chi connectivity index (χ2n) is 6.69. The fraction of sp³-hybridized carbons (Fsp3) is 0.750. The third kappa shape index (κ3) is 2.98. The third-order valence-corrected chi connectivity index (χ3v) is 4.58. The van der Waals surface area contributed by atoms with E-state index in [1.807, 2.05) is 4.68 Å². The molecular weight excluding hydrogens is 266 g/mol. The molecule has 116 valence electrons. The van der Waals surface area contributed by atoms with Gasteiger partial charge in [0.05, 0.1) is 29.6 Å². The van der Waals surface area contributed by atoms with Gasteiger partial charge < -0.3 is 10.4 Å². The molecule has 1 heterocycles. The van der Waals surface area contributed by atoms with Gasteiger partial charge in [-0.1, -0.05) is 12.8 Å². The van der Waals surface area contributed by atoms with E-state index in [4.69, 9.17) is 0 Å². The lowest BCUT2D eigenvalue weighted by Gasteiger charge is -2.28. The summed E-state index contributed by atoms with van der Waals surface area (Å²) in [5, 5.41) is 17.4. The van der Waals surface area contributed by atoms with Crippen LogP contribution in [0, 0.1) is 0 Å². The van der Waals surface area contributed by atoms with Gasteiger partial charge in [0.25, 0.3) is 5.91 Å². The number of aliphatic hydroxyl groups excluding tert-OH is 1. The molecule has 21 heavy (non-hydrogen) atoms. The van der Waals surface area contributed by atoms with Crippen LogP contribution in [-0.2, 0) is 0 Å². The van der Waals surface area contributed by atoms with Crippen molar-refractivity contribution in [3.05, 3.63) is 17.5 Å². The zero-order chi connectivity index (χ0) is 15.0. The maximum absolute atomic E-state index is 12.6. The zero-order valence-electron chi connectivity index (χ0n) is 12.9. The fourth-order valence-electron chi connectivity index (χ4n) is 3.25. The molecule has 0 spiro atoms. The molecule has 1 aromatic heterocycles. The summed E-state index contributed by atoms with van der Waals surface area (Å²) in [6, 6.07) is 0.156. The first-order valence-corrected chi connectivity index (χ1v) is 8.14. The quantitative estimate of drug-likeness (QED) is 0.895. The van der Waals surface area contributed by atoms with Crippen LogP contribution < -0.4 is 5.32 Å². The number of rotatable bonds is 4. The summed E-state index contributed by atoms with van der Waals surface area (Å²) in [7, 11) is 0. The van der Waals surface area contributed by atoms with Crippen LogP contribution in [0.4, 0.5) is 0 Å². The van der Waals surface area contributed by atoms with E-state index in [1.165, 1.54) is 0 Å². The summed E-state index contributed by atoms with van der Waals surface area (Å²) >= 11 is 0. The standard InChI is InChI=1S/C16H25N3O2/c1-10(2)19-15(11-7-8-11)12(9-17-19)16(21)18-13-5-3-4-6-14(13)20/h9-11,13-14,20H,3-8H2,1-2H3,(H,18,21). The number of aliphatic hydroxyl groups is 1. The van der Waals surface area contributed by atoms with E-state index in [1.54, 1.807) is 6.20 Å². The number of hydrogen-bond acceptors (Lipinski definition) is 3. The summed E-state index contributed by atoms with van der Waals surface area (Å²) < 4.78 is 1.98. The Kier molecular flexibility index (Phi) is 4.02. The van der Waals surface area contributed by atoms with Gasteiger partial charge in [-0.25, -0.2) is 0 Å². The number of amides is 1. The Labute approximate surface area is 125 Å². The lowest BCUT2D eigenvalue weighted by Crippen LogP contribution is -2.45. The van der Waals surface area contributed by atoms with Crippen molar-refractivity contribution in [2.75, 3.05) is 0 Å². The van der Waals surface area contributed by atoms with Gasteiger partial charge in [-0.15, -0.1) is 0 Å². The van der Waals surface area contributed by atoms with Crippen LogP contribution in [0.5, 0.6) is 0 Å². The van der Waals surface area contributed by atoms with Crippen LogP contribution in [0.1, 0.15) is 80.4 Å². The average Bonchev–Trinajstić information content (AvgIpc) is 3.19. The van der Waals surface area contributed by atoms with Crippen LogP contribution >= 0.6 is 0 Å². The minimum atomic E-state index is -0.410. The van der Waals surface area contributed by atoms with E-state index in [9.17, 15) is 9.90 Å². The molecule has 2 fully saturated rings. The number of carbonyl (C=O) groups is 1. The zero-order valence-corrected chi connectivity index (χ0v) is 12.9. The van der Waals surface area contributed by atoms with Gasteiger partial charge >= 0.3 is 0 Å². The summed E-state index contributed by atoms with van der Waals surface area (Å²) in [6.45, 7) is 4.18. The highest BCUT2D eigenvalue weighted by Crippen LogP contribution is 2.42. The molecule has 0 bridgehead atoms. The Morgan fingerprint density at radius 2 is 2.05 bits per heavy atom. The fourth-order valence-corrected chi connectivity index (χ4v) is 3.25. The molecule has 0 radical (unpaired) electrons. The SMILES string of the molecule is CC(C)n1ncc(C(=O)NC2CCCCC2O)c1C1CC1. The Morgan fingerprint density at radius 3 is 2.67 bits per heavy atom. The molecule has 1 aromatic rings. The predicted molar refractivity (Wildman–Crippen MR) is 80.3 cm³/mol. The van der Waals surface area contributed by atoms with Crippen molar-refractivity contribution >= 4 is 5.91 Å². The second-order valence-corrected chi connectivity index (χ2v) is 6.69. The van der Waals surface area contributed by atoms with Crippen molar-refractivity contribution in [2.24, 2.45) is 0 Å². The molecule has 5 nitrogen and oxygen atoms in total. The van der Waals surface area contributed by atoms with Gasteiger partial charge in [0, 0.05) is 12.0 Å². The second kappa shape index (κ2) is 5.79. The Balaban J connectivity index is 1.78. The van der Waals surface area contributed by atoms with Gasteiger partial charge in [0.15, 0.2) is 0 Å². The molecule has 2 saturated carbocycles. The van der Waals surface area contributed by atoms with E-state index < -0.39 is 6.10 Å². The van der Waals surface area contributed by atoms with Gasteiger partial charge in [-0.3, -0.25) is 9.48 Å². The minimum Gasteiger partial charge on any atom is -0.391 e. The van der Waals surface area contributed by atoms with Crippen molar-refractivity contribution < 1.29 is 9.90 Å². The molecule has 5 heteroatoms. The maximum Gasteiger partial charge on any atom is 0.255 e. The van der Waals surface area contributed by atoms with Gasteiger partial charge in [0.2, 0.25) is 0 Å². The summed E-state index contributed by atoms with van der Waals surface area (Å²) in [5.41, 5.74) is 1.77. The smallest absolute Gasteiger partial charge is 0.255 e. The number of nitrogens with one attached hydrogen (secondary N) is 1. The van der Waals surface area contributed by atoms with Crippen molar-refractivity contribution in [3.63, 3.8) is 0 Å². The van der Waals surface area contributed by atoms with E-state index in [-0.39, 0.29) is 18.0 Å². The highest BCUT2D eigenvalue weighted by Gasteiger charge is 2.34. The molecule has 2 unspecified atom stereocenters. The number of hydrogen-bond donors (Lipinski definition) is 2. The van der Waals surface area contributed by atoms with Gasteiger partial charge in [-0.05, 0) is 39.5 Å². The van der Waals surface area contributed by atoms with Gasteiger partial charge in [-0.2, -0.15) is 5.10 Å². The van der Waals surface area contributed by atoms with Crippen molar-refractivity contribution in [1.29, 1.82) is 0 Å². The first-order chi connectivity index (χ1) is 10.1. The Bertz CT molecular complexity index is 520. The van der Waals surface area contributed by atoms with Crippen LogP contribution in [0.2, 0.25) is 0 Å². The molecule has 0 aromatic carbocycles. The molecule has 2 aliphatic rings. The largest absolute Gasteiger partial charge is 0.391 e. The number of carbonyl (C=O) groups excluding carboxylic acids is 1. The average molecular weight is 291 g/mol. The van der Waals surface area contributed by atoms with Crippen LogP contribution in [0.3, 0.4) is 0 Å². The topological polar surface area (TPSA) is 67.2 Å². The maximum atomic E-state index is 12.6. The molecule has 0 saturated heterocycles. The number of nitrogens with zero attached hydrogens (tertiary/aromatic N) is 2. The Morgan fingerprint density at radius 1 is 1.33 bits per heavy atom. The summed E-state index contributed by atoms with van der Waals surface area (Å²) in [4.78, 5) is 12.6. The number of aromatic nitrogens is 2.